The van der Waals surface area contributed by atoms with E-state index in [0.29, 0.717) is 12.6 Å². The first-order chi connectivity index (χ1) is 10.3. The maximum atomic E-state index is 14.5. The number of halogens is 1. The van der Waals surface area contributed by atoms with Gasteiger partial charge in [-0.15, -0.1) is 0 Å². The van der Waals surface area contributed by atoms with Crippen LogP contribution in [0.5, 0.6) is 0 Å². The van der Waals surface area contributed by atoms with Crippen molar-refractivity contribution in [3.63, 3.8) is 0 Å². The highest BCUT2D eigenvalue weighted by Gasteiger charge is 2.33. The molecule has 1 heterocycles. The molecule has 0 radical (unpaired) electrons. The first kappa shape index (κ1) is 17.0. The molecule has 0 spiro atoms. The van der Waals surface area contributed by atoms with Crippen LogP contribution in [0.15, 0.2) is 18.2 Å². The third kappa shape index (κ3) is 3.19. The molecule has 0 atom stereocenters. The molecular weight excluding hydrogens is 275 g/mol. The highest BCUT2D eigenvalue weighted by molar-refractivity contribution is 5.81. The van der Waals surface area contributed by atoms with Crippen LogP contribution in [0, 0.1) is 5.82 Å². The third-order valence-corrected chi connectivity index (χ3v) is 4.30. The van der Waals surface area contributed by atoms with Crippen molar-refractivity contribution in [3.8, 4) is 0 Å². The number of nitrogens with one attached hydrogen (secondary N) is 1. The van der Waals surface area contributed by atoms with E-state index >= 15 is 0 Å². The second-order valence-corrected chi connectivity index (χ2v) is 7.08. The van der Waals surface area contributed by atoms with Gasteiger partial charge in [0.2, 0.25) is 0 Å². The molecule has 22 heavy (non-hydrogen) atoms. The first-order valence-electron chi connectivity index (χ1n) is 8.30. The third-order valence-electron chi connectivity index (χ3n) is 4.30. The van der Waals surface area contributed by atoms with E-state index < -0.39 is 0 Å². The predicted molar refractivity (Wildman–Crippen MR) is 93.7 cm³/mol. The fraction of sp³-hybridized carbons (Fsp3) is 0.579. The zero-order valence-electron chi connectivity index (χ0n) is 14.8. The highest BCUT2D eigenvalue weighted by Crippen LogP contribution is 2.41. The normalized spacial score (nSPS) is 16.7. The Hall–Kier alpha value is -1.35. The quantitative estimate of drug-likeness (QED) is 0.791. The Labute approximate surface area is 134 Å². The van der Waals surface area contributed by atoms with Crippen LogP contribution in [0.3, 0.4) is 0 Å². The molecule has 0 saturated heterocycles. The largest absolute Gasteiger partial charge is 0.360 e. The second kappa shape index (κ2) is 6.41. The van der Waals surface area contributed by atoms with Gasteiger partial charge in [0.1, 0.15) is 5.82 Å². The van der Waals surface area contributed by atoms with Crippen molar-refractivity contribution < 1.29 is 4.39 Å². The lowest BCUT2D eigenvalue weighted by atomic mass is 9.86. The topological polar surface area (TPSA) is 15.3 Å². The van der Waals surface area contributed by atoms with Crippen LogP contribution in [-0.2, 0) is 6.54 Å². The summed E-state index contributed by atoms with van der Waals surface area (Å²) in [5, 5.41) is 3.29. The summed E-state index contributed by atoms with van der Waals surface area (Å²) in [5.74, 6) is -0.112. The van der Waals surface area contributed by atoms with E-state index in [9.17, 15) is 4.39 Å². The van der Waals surface area contributed by atoms with Crippen LogP contribution in [0.4, 0.5) is 10.1 Å². The van der Waals surface area contributed by atoms with Crippen molar-refractivity contribution >= 4 is 11.3 Å². The maximum Gasteiger partial charge on any atom is 0.129 e. The summed E-state index contributed by atoms with van der Waals surface area (Å²) in [7, 11) is 0. The van der Waals surface area contributed by atoms with Crippen molar-refractivity contribution in [3.05, 3.63) is 35.2 Å². The summed E-state index contributed by atoms with van der Waals surface area (Å²) in [5.41, 5.74) is 4.05. The maximum absolute atomic E-state index is 14.5. The van der Waals surface area contributed by atoms with Gasteiger partial charge in [-0.05, 0) is 65.3 Å². The summed E-state index contributed by atoms with van der Waals surface area (Å²) in [6.45, 7) is 14.4. The van der Waals surface area contributed by atoms with E-state index in [4.69, 9.17) is 0 Å². The molecule has 0 fully saturated rings. The molecule has 0 bridgehead atoms. The molecule has 3 heteroatoms. The van der Waals surface area contributed by atoms with Crippen LogP contribution in [0.2, 0.25) is 0 Å². The van der Waals surface area contributed by atoms with Crippen molar-refractivity contribution in [1.29, 1.82) is 0 Å². The van der Waals surface area contributed by atoms with E-state index in [1.165, 1.54) is 5.57 Å². The lowest BCUT2D eigenvalue weighted by Gasteiger charge is -2.46. The monoisotopic (exact) mass is 304 g/mol. The molecule has 2 rings (SSSR count). The minimum Gasteiger partial charge on any atom is -0.360 e. The van der Waals surface area contributed by atoms with Crippen molar-refractivity contribution in [1.82, 2.24) is 5.32 Å². The van der Waals surface area contributed by atoms with Gasteiger partial charge < -0.3 is 10.2 Å². The molecule has 1 aliphatic rings. The Morgan fingerprint density at radius 3 is 2.55 bits per heavy atom. The lowest BCUT2D eigenvalue weighted by Crippen LogP contribution is -2.49. The van der Waals surface area contributed by atoms with Gasteiger partial charge >= 0.3 is 0 Å². The Bertz CT molecular complexity index is 573. The van der Waals surface area contributed by atoms with Crippen molar-refractivity contribution in [2.75, 3.05) is 11.4 Å². The molecule has 0 saturated carbocycles. The van der Waals surface area contributed by atoms with E-state index in [1.807, 2.05) is 6.07 Å². The number of anilines is 1. The van der Waals surface area contributed by atoms with E-state index in [1.54, 1.807) is 6.07 Å². The number of hydrogen-bond donors (Lipinski definition) is 1. The van der Waals surface area contributed by atoms with Gasteiger partial charge in [0.05, 0.1) is 5.54 Å². The fourth-order valence-electron chi connectivity index (χ4n) is 3.59. The number of nitrogens with zero attached hydrogens (tertiary/aromatic N) is 1. The van der Waals surface area contributed by atoms with Crippen LogP contribution in [0.1, 0.15) is 59.1 Å². The zero-order chi connectivity index (χ0) is 16.5. The van der Waals surface area contributed by atoms with Gasteiger partial charge in [0.25, 0.3) is 0 Å². The van der Waals surface area contributed by atoms with Gasteiger partial charge in [-0.1, -0.05) is 13.0 Å². The number of benzene rings is 1. The van der Waals surface area contributed by atoms with Gasteiger partial charge in [0.15, 0.2) is 0 Å². The standard InChI is InChI=1S/C19H29FN2/c1-7-8-21-12-15-9-16-14(4)11-19(5,6)22(13(2)3)18(16)10-17(15)20/h9-11,13,21H,7-8,12H2,1-6H3. The fourth-order valence-corrected chi connectivity index (χ4v) is 3.59. The van der Waals surface area contributed by atoms with E-state index in [2.05, 4.69) is 57.8 Å². The molecule has 1 N–H and O–H groups in total. The summed E-state index contributed by atoms with van der Waals surface area (Å²) in [4.78, 5) is 2.31. The Kier molecular flexibility index (Phi) is 4.96. The molecule has 0 aromatic heterocycles. The number of rotatable bonds is 5. The number of hydrogen-bond acceptors (Lipinski definition) is 2. The van der Waals surface area contributed by atoms with Crippen LogP contribution in [-0.4, -0.2) is 18.1 Å². The highest BCUT2D eigenvalue weighted by atomic mass is 19.1. The molecule has 1 aromatic rings. The summed E-state index contributed by atoms with van der Waals surface area (Å²) in [6.07, 6.45) is 3.34. The van der Waals surface area contributed by atoms with Crippen molar-refractivity contribution in [2.24, 2.45) is 0 Å². The zero-order valence-corrected chi connectivity index (χ0v) is 14.8. The molecule has 0 unspecified atom stereocenters. The Morgan fingerprint density at radius 2 is 1.95 bits per heavy atom. The Balaban J connectivity index is 2.46. The summed E-state index contributed by atoms with van der Waals surface area (Å²) < 4.78 is 14.5. The van der Waals surface area contributed by atoms with Crippen LogP contribution >= 0.6 is 0 Å². The molecule has 1 aromatic carbocycles. The smallest absolute Gasteiger partial charge is 0.129 e. The van der Waals surface area contributed by atoms with Gasteiger partial charge in [0, 0.05) is 29.4 Å². The van der Waals surface area contributed by atoms with Gasteiger partial charge in [-0.2, -0.15) is 0 Å². The average Bonchev–Trinajstić information content (AvgIpc) is 2.38. The van der Waals surface area contributed by atoms with Crippen molar-refractivity contribution in [2.45, 2.75) is 66.1 Å². The SMILES string of the molecule is CCCNCc1cc2c(cc1F)N(C(C)C)C(C)(C)C=C2C. The van der Waals surface area contributed by atoms with E-state index in [-0.39, 0.29) is 11.4 Å². The second-order valence-electron chi connectivity index (χ2n) is 7.08. The summed E-state index contributed by atoms with van der Waals surface area (Å²) in [6, 6.07) is 4.06. The molecule has 2 nitrogen and oxygen atoms in total. The predicted octanol–water partition coefficient (Wildman–Crippen LogP) is 4.74. The summed E-state index contributed by atoms with van der Waals surface area (Å²) >= 11 is 0. The molecule has 0 amide bonds. The molecule has 122 valence electrons. The molecule has 1 aliphatic heterocycles. The average molecular weight is 304 g/mol. The molecule has 0 aliphatic carbocycles. The van der Waals surface area contributed by atoms with E-state index in [0.717, 1.165) is 29.8 Å². The number of allylic oxidation sites excluding steroid dienone is 1. The van der Waals surface area contributed by atoms with Crippen LogP contribution < -0.4 is 10.2 Å². The first-order valence-corrected chi connectivity index (χ1v) is 8.30. The van der Waals surface area contributed by atoms with Crippen LogP contribution in [0.25, 0.3) is 5.57 Å². The van der Waals surface area contributed by atoms with Gasteiger partial charge in [-0.3, -0.25) is 0 Å². The minimum absolute atomic E-state index is 0.0976. The molecular formula is C19H29FN2. The number of fused-ring (bicyclic) bond motifs is 1. The Morgan fingerprint density at radius 1 is 1.27 bits per heavy atom. The lowest BCUT2D eigenvalue weighted by molar-refractivity contribution is 0.503. The minimum atomic E-state index is -0.112. The van der Waals surface area contributed by atoms with Gasteiger partial charge in [-0.25, -0.2) is 4.39 Å².